The monoisotopic (exact) mass is 463 g/mol. The quantitative estimate of drug-likeness (QED) is 0.448. The first kappa shape index (κ1) is 28.3. The molecule has 0 heterocycles. The van der Waals surface area contributed by atoms with E-state index in [-0.39, 0.29) is 11.9 Å². The minimum Gasteiger partial charge on any atom is -0.444 e. The van der Waals surface area contributed by atoms with Crippen molar-refractivity contribution in [2.45, 2.75) is 97.4 Å². The van der Waals surface area contributed by atoms with Crippen LogP contribution in [-0.4, -0.2) is 47.9 Å². The SMILES string of the molecule is CC(Cc1ccccc1)NC(=O)[C@H](CCCCNC(=O)OC(C)(C)C)NC(=O)OC(C)(C)C. The number of benzene rings is 1. The molecule has 1 aromatic rings. The molecule has 0 aliphatic carbocycles. The van der Waals surface area contributed by atoms with Crippen LogP contribution in [0.25, 0.3) is 0 Å². The maximum absolute atomic E-state index is 12.9. The van der Waals surface area contributed by atoms with Crippen molar-refractivity contribution in [3.05, 3.63) is 35.9 Å². The molecular weight excluding hydrogens is 422 g/mol. The van der Waals surface area contributed by atoms with Gasteiger partial charge in [-0.3, -0.25) is 4.79 Å². The first-order valence-corrected chi connectivity index (χ1v) is 11.6. The highest BCUT2D eigenvalue weighted by molar-refractivity contribution is 5.85. The summed E-state index contributed by atoms with van der Waals surface area (Å²) in [6.07, 6.45) is 1.25. The van der Waals surface area contributed by atoms with E-state index in [1.807, 2.05) is 37.3 Å². The second-order valence-corrected chi connectivity index (χ2v) is 10.2. The van der Waals surface area contributed by atoms with Gasteiger partial charge < -0.3 is 25.4 Å². The third kappa shape index (κ3) is 14.1. The summed E-state index contributed by atoms with van der Waals surface area (Å²) in [6.45, 7) is 13.1. The number of carbonyl (C=O) groups excluding carboxylic acids is 3. The molecule has 0 aromatic heterocycles. The molecule has 33 heavy (non-hydrogen) atoms. The fraction of sp³-hybridized carbons (Fsp3) is 0.640. The highest BCUT2D eigenvalue weighted by Gasteiger charge is 2.25. The average molecular weight is 464 g/mol. The van der Waals surface area contributed by atoms with E-state index in [0.29, 0.717) is 32.2 Å². The number of hydrogen-bond acceptors (Lipinski definition) is 5. The third-order valence-electron chi connectivity index (χ3n) is 4.37. The Labute approximate surface area is 198 Å². The van der Waals surface area contributed by atoms with Crippen LogP contribution in [0.4, 0.5) is 9.59 Å². The average Bonchev–Trinajstić information content (AvgIpc) is 2.64. The molecule has 1 aromatic carbocycles. The maximum atomic E-state index is 12.9. The van der Waals surface area contributed by atoms with Gasteiger partial charge in [0.1, 0.15) is 17.2 Å². The number of carbonyl (C=O) groups is 3. The van der Waals surface area contributed by atoms with Gasteiger partial charge in [-0.1, -0.05) is 30.3 Å². The zero-order valence-electron chi connectivity index (χ0n) is 21.1. The summed E-state index contributed by atoms with van der Waals surface area (Å²) in [4.78, 5) is 36.9. The van der Waals surface area contributed by atoms with Crippen LogP contribution in [0.5, 0.6) is 0 Å². The van der Waals surface area contributed by atoms with Crippen LogP contribution in [0, 0.1) is 0 Å². The summed E-state index contributed by atoms with van der Waals surface area (Å²) < 4.78 is 10.5. The fourth-order valence-corrected chi connectivity index (χ4v) is 3.06. The fourth-order valence-electron chi connectivity index (χ4n) is 3.06. The molecular formula is C25H41N3O5. The summed E-state index contributed by atoms with van der Waals surface area (Å²) in [7, 11) is 0. The van der Waals surface area contributed by atoms with E-state index in [0.717, 1.165) is 5.56 Å². The van der Waals surface area contributed by atoms with Crippen molar-refractivity contribution in [1.82, 2.24) is 16.0 Å². The van der Waals surface area contributed by atoms with E-state index in [4.69, 9.17) is 9.47 Å². The first-order chi connectivity index (χ1) is 15.2. The van der Waals surface area contributed by atoms with E-state index >= 15 is 0 Å². The molecule has 8 nitrogen and oxygen atoms in total. The van der Waals surface area contributed by atoms with Crippen molar-refractivity contribution in [1.29, 1.82) is 0 Å². The summed E-state index contributed by atoms with van der Waals surface area (Å²) in [5, 5.41) is 8.37. The van der Waals surface area contributed by atoms with E-state index in [2.05, 4.69) is 16.0 Å². The van der Waals surface area contributed by atoms with Crippen LogP contribution in [0.3, 0.4) is 0 Å². The maximum Gasteiger partial charge on any atom is 0.408 e. The molecule has 0 aliphatic heterocycles. The van der Waals surface area contributed by atoms with Crippen LogP contribution in [-0.2, 0) is 20.7 Å². The summed E-state index contributed by atoms with van der Waals surface area (Å²) >= 11 is 0. The zero-order chi connectivity index (χ0) is 25.1. The minimum atomic E-state index is -0.736. The van der Waals surface area contributed by atoms with E-state index < -0.39 is 29.4 Å². The topological polar surface area (TPSA) is 106 Å². The minimum absolute atomic E-state index is 0.100. The Morgan fingerprint density at radius 1 is 0.848 bits per heavy atom. The van der Waals surface area contributed by atoms with Crippen LogP contribution in [0.2, 0.25) is 0 Å². The summed E-state index contributed by atoms with van der Waals surface area (Å²) in [5.74, 6) is -0.260. The normalized spacial score (nSPS) is 13.4. The lowest BCUT2D eigenvalue weighted by molar-refractivity contribution is -0.124. The van der Waals surface area contributed by atoms with E-state index in [9.17, 15) is 14.4 Å². The second kappa shape index (κ2) is 13.1. The van der Waals surface area contributed by atoms with Gasteiger partial charge in [0.2, 0.25) is 5.91 Å². The third-order valence-corrected chi connectivity index (χ3v) is 4.37. The number of nitrogens with one attached hydrogen (secondary N) is 3. The smallest absolute Gasteiger partial charge is 0.408 e. The Balaban J connectivity index is 2.59. The standard InChI is InChI=1S/C25H41N3O5/c1-18(17-19-13-9-8-10-14-19)27-21(29)20(28-23(31)33-25(5,6)7)15-11-12-16-26-22(30)32-24(2,3)4/h8-10,13-14,18,20H,11-12,15-17H2,1-7H3,(H,26,30)(H,27,29)(H,28,31)/t18?,20-/m0/s1. The number of unbranched alkanes of at least 4 members (excludes halogenated alkanes) is 1. The lowest BCUT2D eigenvalue weighted by Crippen LogP contribution is -2.50. The van der Waals surface area contributed by atoms with Crippen LogP contribution in [0.15, 0.2) is 30.3 Å². The van der Waals surface area contributed by atoms with Crippen LogP contribution < -0.4 is 16.0 Å². The van der Waals surface area contributed by atoms with Gasteiger partial charge in [0.25, 0.3) is 0 Å². The number of hydrogen-bond donors (Lipinski definition) is 3. The van der Waals surface area contributed by atoms with Crippen molar-refractivity contribution < 1.29 is 23.9 Å². The highest BCUT2D eigenvalue weighted by Crippen LogP contribution is 2.10. The Bertz CT molecular complexity index is 754. The molecule has 1 unspecified atom stereocenters. The van der Waals surface area contributed by atoms with Gasteiger partial charge in [0.05, 0.1) is 0 Å². The lowest BCUT2D eigenvalue weighted by atomic mass is 10.1. The molecule has 0 saturated carbocycles. The summed E-state index contributed by atoms with van der Waals surface area (Å²) in [6, 6.07) is 9.05. The zero-order valence-corrected chi connectivity index (χ0v) is 21.1. The molecule has 3 N–H and O–H groups in total. The molecule has 186 valence electrons. The van der Waals surface area contributed by atoms with Gasteiger partial charge in [-0.2, -0.15) is 0 Å². The van der Waals surface area contributed by atoms with Gasteiger partial charge in [-0.05, 0) is 79.7 Å². The van der Waals surface area contributed by atoms with Crippen molar-refractivity contribution in [2.24, 2.45) is 0 Å². The summed E-state index contributed by atoms with van der Waals surface area (Å²) in [5.41, 5.74) is -0.0976. The van der Waals surface area contributed by atoms with Crippen LogP contribution in [0.1, 0.15) is 73.3 Å². The van der Waals surface area contributed by atoms with Crippen molar-refractivity contribution in [3.63, 3.8) is 0 Å². The number of alkyl carbamates (subject to hydrolysis) is 2. The lowest BCUT2D eigenvalue weighted by Gasteiger charge is -2.24. The van der Waals surface area contributed by atoms with Crippen LogP contribution >= 0.6 is 0 Å². The van der Waals surface area contributed by atoms with Gasteiger partial charge in [0.15, 0.2) is 0 Å². The molecule has 1 rings (SSSR count). The Morgan fingerprint density at radius 3 is 2.00 bits per heavy atom. The first-order valence-electron chi connectivity index (χ1n) is 11.6. The predicted octanol–water partition coefficient (Wildman–Crippen LogP) is 4.32. The Kier molecular flexibility index (Phi) is 11.2. The predicted molar refractivity (Wildman–Crippen MR) is 129 cm³/mol. The Morgan fingerprint density at radius 2 is 1.42 bits per heavy atom. The van der Waals surface area contributed by atoms with E-state index in [1.54, 1.807) is 41.5 Å². The largest absolute Gasteiger partial charge is 0.444 e. The number of ether oxygens (including phenoxy) is 2. The van der Waals surface area contributed by atoms with Crippen molar-refractivity contribution >= 4 is 18.1 Å². The molecule has 3 amide bonds. The molecule has 8 heteroatoms. The van der Waals surface area contributed by atoms with Crippen molar-refractivity contribution in [2.75, 3.05) is 6.54 Å². The molecule has 0 spiro atoms. The van der Waals surface area contributed by atoms with Crippen molar-refractivity contribution in [3.8, 4) is 0 Å². The second-order valence-electron chi connectivity index (χ2n) is 10.2. The molecule has 2 atom stereocenters. The highest BCUT2D eigenvalue weighted by atomic mass is 16.6. The molecule has 0 bridgehead atoms. The molecule has 0 saturated heterocycles. The van der Waals surface area contributed by atoms with Gasteiger partial charge in [-0.15, -0.1) is 0 Å². The van der Waals surface area contributed by atoms with Gasteiger partial charge in [0, 0.05) is 12.6 Å². The molecule has 0 fully saturated rings. The van der Waals surface area contributed by atoms with Gasteiger partial charge in [-0.25, -0.2) is 9.59 Å². The molecule has 0 radical (unpaired) electrons. The molecule has 0 aliphatic rings. The number of rotatable bonds is 10. The van der Waals surface area contributed by atoms with E-state index in [1.165, 1.54) is 0 Å². The Hall–Kier alpha value is -2.77. The number of amides is 3. The van der Waals surface area contributed by atoms with Gasteiger partial charge >= 0.3 is 12.2 Å².